The number of imidazole rings is 1. The molecular formula is C16H29N3O3S. The summed E-state index contributed by atoms with van der Waals surface area (Å²) in [5.74, 6) is -0.647. The van der Waals surface area contributed by atoms with Gasteiger partial charge in [-0.05, 0) is 12.8 Å². The highest BCUT2D eigenvalue weighted by atomic mass is 32.2. The Labute approximate surface area is 139 Å². The summed E-state index contributed by atoms with van der Waals surface area (Å²) in [6, 6.07) is 0. The first kappa shape index (κ1) is 19.7. The quantitative estimate of drug-likeness (QED) is 0.626. The van der Waals surface area contributed by atoms with E-state index >= 15 is 0 Å². The van der Waals surface area contributed by atoms with Crippen LogP contribution in [0.25, 0.3) is 0 Å². The third kappa shape index (κ3) is 6.72. The minimum absolute atomic E-state index is 0.117. The first-order chi connectivity index (χ1) is 10.9. The predicted molar refractivity (Wildman–Crippen MR) is 90.3 cm³/mol. The van der Waals surface area contributed by atoms with Gasteiger partial charge in [-0.25, -0.2) is 9.71 Å². The van der Waals surface area contributed by atoms with Gasteiger partial charge in [-0.15, -0.1) is 0 Å². The molecule has 132 valence electrons. The summed E-state index contributed by atoms with van der Waals surface area (Å²) in [4.78, 5) is 16.2. The lowest BCUT2D eigenvalue weighted by molar-refractivity contribution is -0.123. The summed E-state index contributed by atoms with van der Waals surface area (Å²) >= 11 is 0. The molecule has 1 unspecified atom stereocenters. The maximum atomic E-state index is 12.4. The molecule has 1 heterocycles. The number of rotatable bonds is 11. The lowest BCUT2D eigenvalue weighted by atomic mass is 9.95. The number of carbonyl (C=O) groups is 1. The molecule has 1 atom stereocenters. The van der Waals surface area contributed by atoms with Crippen molar-refractivity contribution in [3.05, 3.63) is 12.5 Å². The molecule has 0 radical (unpaired) electrons. The van der Waals surface area contributed by atoms with E-state index in [1.54, 1.807) is 11.6 Å². The minimum atomic E-state index is -3.88. The summed E-state index contributed by atoms with van der Waals surface area (Å²) in [6.07, 6.45) is 10.5. The van der Waals surface area contributed by atoms with Crippen molar-refractivity contribution < 1.29 is 13.2 Å². The zero-order valence-corrected chi connectivity index (χ0v) is 15.2. The molecule has 0 aliphatic heterocycles. The van der Waals surface area contributed by atoms with E-state index in [9.17, 15) is 13.2 Å². The van der Waals surface area contributed by atoms with Gasteiger partial charge < -0.3 is 4.57 Å². The molecule has 1 N–H and O–H groups in total. The number of sulfonamides is 1. The van der Waals surface area contributed by atoms with Crippen LogP contribution >= 0.6 is 0 Å². The number of hydrogen-bond donors (Lipinski definition) is 1. The molecule has 0 bridgehead atoms. The third-order valence-corrected chi connectivity index (χ3v) is 5.11. The molecule has 1 amide bonds. The van der Waals surface area contributed by atoms with Crippen molar-refractivity contribution in [1.82, 2.24) is 14.3 Å². The van der Waals surface area contributed by atoms with Gasteiger partial charge in [0.2, 0.25) is 5.91 Å². The van der Waals surface area contributed by atoms with Crippen molar-refractivity contribution in [2.24, 2.45) is 13.0 Å². The van der Waals surface area contributed by atoms with Crippen LogP contribution in [0.2, 0.25) is 0 Å². The number of aromatic nitrogens is 2. The second-order valence-electron chi connectivity index (χ2n) is 6.04. The van der Waals surface area contributed by atoms with Crippen LogP contribution in [0.4, 0.5) is 0 Å². The molecular weight excluding hydrogens is 314 g/mol. The number of amides is 1. The Morgan fingerprint density at radius 1 is 1.17 bits per heavy atom. The molecule has 0 aliphatic rings. The molecule has 7 heteroatoms. The first-order valence-electron chi connectivity index (χ1n) is 8.45. The highest BCUT2D eigenvalue weighted by Gasteiger charge is 2.25. The fourth-order valence-electron chi connectivity index (χ4n) is 2.47. The highest BCUT2D eigenvalue weighted by molar-refractivity contribution is 7.90. The van der Waals surface area contributed by atoms with Gasteiger partial charge in [-0.1, -0.05) is 52.4 Å². The molecule has 0 aromatic carbocycles. The normalized spacial score (nSPS) is 13.0. The Morgan fingerprint density at radius 3 is 2.39 bits per heavy atom. The summed E-state index contributed by atoms with van der Waals surface area (Å²) in [7, 11) is -2.19. The molecule has 1 aromatic heterocycles. The standard InChI is InChI=1S/C16H29N3O3S/c1-4-6-8-9-11-14(10-7-5-2)16(20)18-23(21,22)15-12-19(3)13-17-15/h12-14H,4-11H2,1-3H3,(H,18,20). The molecule has 0 aliphatic carbocycles. The van der Waals surface area contributed by atoms with Gasteiger partial charge in [0.25, 0.3) is 10.0 Å². The van der Waals surface area contributed by atoms with E-state index in [-0.39, 0.29) is 10.9 Å². The van der Waals surface area contributed by atoms with Gasteiger partial charge >= 0.3 is 0 Å². The fourth-order valence-corrected chi connectivity index (χ4v) is 3.50. The second kappa shape index (κ2) is 9.70. The molecule has 0 saturated carbocycles. The van der Waals surface area contributed by atoms with Crippen LogP contribution in [0.3, 0.4) is 0 Å². The SMILES string of the molecule is CCCCCCC(CCCC)C(=O)NS(=O)(=O)c1cn(C)cn1. The molecule has 6 nitrogen and oxygen atoms in total. The van der Waals surface area contributed by atoms with Crippen LogP contribution in [-0.2, 0) is 21.9 Å². The Hall–Kier alpha value is -1.37. The number of nitrogens with one attached hydrogen (secondary N) is 1. The fraction of sp³-hybridized carbons (Fsp3) is 0.750. The second-order valence-corrected chi connectivity index (χ2v) is 7.66. The Morgan fingerprint density at radius 2 is 1.83 bits per heavy atom. The van der Waals surface area contributed by atoms with E-state index in [1.807, 2.05) is 0 Å². The number of unbranched alkanes of at least 4 members (excludes halogenated alkanes) is 4. The lowest BCUT2D eigenvalue weighted by Gasteiger charge is -2.16. The third-order valence-electron chi connectivity index (χ3n) is 3.87. The van der Waals surface area contributed by atoms with E-state index in [0.29, 0.717) is 0 Å². The van der Waals surface area contributed by atoms with Gasteiger partial charge in [0.15, 0.2) is 5.03 Å². The Kier molecular flexibility index (Phi) is 8.30. The maximum Gasteiger partial charge on any atom is 0.283 e. The predicted octanol–water partition coefficient (Wildman–Crippen LogP) is 3.00. The zero-order chi connectivity index (χ0) is 17.3. The number of hydrogen-bond acceptors (Lipinski definition) is 4. The van der Waals surface area contributed by atoms with Gasteiger partial charge in [0.1, 0.15) is 0 Å². The van der Waals surface area contributed by atoms with Crippen molar-refractivity contribution in [1.29, 1.82) is 0 Å². The summed E-state index contributed by atoms with van der Waals surface area (Å²) in [5, 5.41) is -0.117. The molecule has 1 aromatic rings. The van der Waals surface area contributed by atoms with E-state index in [4.69, 9.17) is 0 Å². The molecule has 0 saturated heterocycles. The largest absolute Gasteiger partial charge is 0.339 e. The lowest BCUT2D eigenvalue weighted by Crippen LogP contribution is -2.36. The van der Waals surface area contributed by atoms with Crippen LogP contribution in [-0.4, -0.2) is 23.9 Å². The van der Waals surface area contributed by atoms with Crippen LogP contribution < -0.4 is 4.72 Å². The summed E-state index contributed by atoms with van der Waals surface area (Å²) in [5.41, 5.74) is 0. The van der Waals surface area contributed by atoms with E-state index in [2.05, 4.69) is 23.6 Å². The van der Waals surface area contributed by atoms with Gasteiger partial charge in [-0.2, -0.15) is 8.42 Å². The minimum Gasteiger partial charge on any atom is -0.339 e. The van der Waals surface area contributed by atoms with Crippen LogP contribution in [0.5, 0.6) is 0 Å². The smallest absolute Gasteiger partial charge is 0.283 e. The number of carbonyl (C=O) groups excluding carboxylic acids is 1. The van der Waals surface area contributed by atoms with Crippen molar-refractivity contribution in [2.45, 2.75) is 70.2 Å². The first-order valence-corrected chi connectivity index (χ1v) is 9.93. The van der Waals surface area contributed by atoms with Crippen molar-refractivity contribution in [2.75, 3.05) is 0 Å². The topological polar surface area (TPSA) is 81.1 Å². The van der Waals surface area contributed by atoms with Crippen LogP contribution in [0.15, 0.2) is 17.6 Å². The molecule has 0 spiro atoms. The summed E-state index contributed by atoms with van der Waals surface area (Å²) < 4.78 is 28.1. The highest BCUT2D eigenvalue weighted by Crippen LogP contribution is 2.18. The molecule has 0 fully saturated rings. The van der Waals surface area contributed by atoms with E-state index < -0.39 is 15.9 Å². The zero-order valence-electron chi connectivity index (χ0n) is 14.4. The van der Waals surface area contributed by atoms with E-state index in [0.717, 1.165) is 51.4 Å². The molecule has 23 heavy (non-hydrogen) atoms. The van der Waals surface area contributed by atoms with Crippen molar-refractivity contribution >= 4 is 15.9 Å². The van der Waals surface area contributed by atoms with E-state index in [1.165, 1.54) is 12.5 Å². The van der Waals surface area contributed by atoms with Gasteiger partial charge in [0.05, 0.1) is 6.33 Å². The van der Waals surface area contributed by atoms with Crippen molar-refractivity contribution in [3.8, 4) is 0 Å². The number of aryl methyl sites for hydroxylation is 1. The monoisotopic (exact) mass is 343 g/mol. The van der Waals surface area contributed by atoms with Gasteiger partial charge in [0, 0.05) is 19.2 Å². The number of nitrogens with zero attached hydrogens (tertiary/aromatic N) is 2. The summed E-state index contributed by atoms with van der Waals surface area (Å²) in [6.45, 7) is 4.21. The maximum absolute atomic E-state index is 12.4. The Bertz CT molecular complexity index is 581. The Balaban J connectivity index is 2.67. The van der Waals surface area contributed by atoms with Crippen molar-refractivity contribution in [3.63, 3.8) is 0 Å². The van der Waals surface area contributed by atoms with Gasteiger partial charge in [-0.3, -0.25) is 4.79 Å². The van der Waals surface area contributed by atoms with Crippen LogP contribution in [0.1, 0.15) is 65.2 Å². The average Bonchev–Trinajstić information content (AvgIpc) is 2.93. The molecule has 1 rings (SSSR count). The van der Waals surface area contributed by atoms with Crippen LogP contribution in [0, 0.1) is 5.92 Å². The average molecular weight is 343 g/mol.